The van der Waals surface area contributed by atoms with Crippen molar-refractivity contribution in [3.05, 3.63) is 57.6 Å². The Balaban J connectivity index is 1.88. The second kappa shape index (κ2) is 8.19. The molecule has 0 radical (unpaired) electrons. The average Bonchev–Trinajstić information content (AvgIpc) is 2.65. The molecule has 27 heavy (non-hydrogen) atoms. The Morgan fingerprint density at radius 1 is 1.00 bits per heavy atom. The van der Waals surface area contributed by atoms with Gasteiger partial charge in [0.1, 0.15) is 5.75 Å². The van der Waals surface area contributed by atoms with Gasteiger partial charge in [-0.3, -0.25) is 0 Å². The summed E-state index contributed by atoms with van der Waals surface area (Å²) in [5.74, 6) is -0.417. The molecular formula is C19H19Cl2NO4S. The molecule has 1 aliphatic heterocycles. The van der Waals surface area contributed by atoms with Gasteiger partial charge in [-0.05, 0) is 49.6 Å². The number of ether oxygens (including phenoxy) is 1. The highest BCUT2D eigenvalue weighted by Gasteiger charge is 2.27. The molecule has 3 rings (SSSR count). The van der Waals surface area contributed by atoms with E-state index in [-0.39, 0.29) is 21.2 Å². The Bertz CT molecular complexity index is 970. The Hall–Kier alpha value is -1.60. The maximum absolute atomic E-state index is 12.9. The van der Waals surface area contributed by atoms with Crippen molar-refractivity contribution >= 4 is 39.2 Å². The first-order chi connectivity index (χ1) is 12.8. The number of halogens is 2. The van der Waals surface area contributed by atoms with E-state index >= 15 is 0 Å². The smallest absolute Gasteiger partial charge is 0.343 e. The third-order valence-corrected chi connectivity index (χ3v) is 7.12. The quantitative estimate of drug-likeness (QED) is 0.523. The summed E-state index contributed by atoms with van der Waals surface area (Å²) >= 11 is 11.8. The van der Waals surface area contributed by atoms with Gasteiger partial charge in [-0.25, -0.2) is 13.2 Å². The molecule has 0 aliphatic carbocycles. The highest BCUT2D eigenvalue weighted by atomic mass is 35.5. The highest BCUT2D eigenvalue weighted by molar-refractivity contribution is 7.89. The average molecular weight is 428 g/mol. The van der Waals surface area contributed by atoms with Crippen LogP contribution in [0.2, 0.25) is 10.0 Å². The molecule has 0 bridgehead atoms. The molecule has 1 saturated heterocycles. The number of piperidine rings is 1. The second-order valence-electron chi connectivity index (χ2n) is 6.41. The van der Waals surface area contributed by atoms with Crippen LogP contribution >= 0.6 is 23.2 Å². The predicted molar refractivity (Wildman–Crippen MR) is 105 cm³/mol. The minimum absolute atomic E-state index is 0.0936. The molecule has 8 heteroatoms. The molecule has 0 saturated carbocycles. The van der Waals surface area contributed by atoms with Gasteiger partial charge in [-0.1, -0.05) is 35.7 Å². The Labute approximate surface area is 168 Å². The van der Waals surface area contributed by atoms with Gasteiger partial charge in [-0.15, -0.1) is 0 Å². The lowest BCUT2D eigenvalue weighted by atomic mass is 10.1. The van der Waals surface area contributed by atoms with Crippen molar-refractivity contribution in [2.24, 2.45) is 0 Å². The first kappa shape index (κ1) is 20.1. The number of sulfonamides is 1. The number of carbonyl (C=O) groups is 1. The molecule has 1 fully saturated rings. The second-order valence-corrected chi connectivity index (χ2v) is 9.16. The van der Waals surface area contributed by atoms with E-state index in [1.165, 1.54) is 34.6 Å². The zero-order valence-electron chi connectivity index (χ0n) is 14.7. The Kier molecular flexibility index (Phi) is 6.11. The van der Waals surface area contributed by atoms with Crippen LogP contribution in [0.5, 0.6) is 5.75 Å². The van der Waals surface area contributed by atoms with Gasteiger partial charge in [0, 0.05) is 19.2 Å². The summed E-state index contributed by atoms with van der Waals surface area (Å²) in [7, 11) is -3.63. The largest absolute Gasteiger partial charge is 0.423 e. The Morgan fingerprint density at radius 2 is 1.70 bits per heavy atom. The maximum Gasteiger partial charge on any atom is 0.343 e. The van der Waals surface area contributed by atoms with E-state index in [2.05, 4.69) is 0 Å². The summed E-state index contributed by atoms with van der Waals surface area (Å²) in [5, 5.41) is 0.613. The number of esters is 1. The maximum atomic E-state index is 12.9. The van der Waals surface area contributed by atoms with Gasteiger partial charge in [0.15, 0.2) is 0 Å². The monoisotopic (exact) mass is 427 g/mol. The number of hydrogen-bond acceptors (Lipinski definition) is 4. The van der Waals surface area contributed by atoms with Crippen LogP contribution in [0.25, 0.3) is 0 Å². The molecule has 0 amide bonds. The summed E-state index contributed by atoms with van der Waals surface area (Å²) in [4.78, 5) is 12.7. The van der Waals surface area contributed by atoms with Gasteiger partial charge in [0.2, 0.25) is 10.0 Å². The van der Waals surface area contributed by atoms with E-state index in [1.54, 1.807) is 13.0 Å². The number of nitrogens with zero attached hydrogens (tertiary/aromatic N) is 1. The van der Waals surface area contributed by atoms with Crippen LogP contribution in [0.1, 0.15) is 35.2 Å². The highest BCUT2D eigenvalue weighted by Crippen LogP contribution is 2.28. The molecule has 2 aromatic carbocycles. The molecule has 0 N–H and O–H groups in total. The van der Waals surface area contributed by atoms with Gasteiger partial charge >= 0.3 is 5.97 Å². The molecular weight excluding hydrogens is 409 g/mol. The molecule has 144 valence electrons. The SMILES string of the molecule is Cc1ccc(S(=O)(=O)N2CCCCC2)cc1C(=O)Oc1ccc(Cl)c(Cl)c1. The van der Waals surface area contributed by atoms with Gasteiger partial charge in [0.05, 0.1) is 20.5 Å². The van der Waals surface area contributed by atoms with E-state index < -0.39 is 16.0 Å². The number of carbonyl (C=O) groups excluding carboxylic acids is 1. The van der Waals surface area contributed by atoms with E-state index in [0.717, 1.165) is 19.3 Å². The fourth-order valence-electron chi connectivity index (χ4n) is 2.94. The summed E-state index contributed by atoms with van der Waals surface area (Å²) < 4.78 is 32.5. The van der Waals surface area contributed by atoms with Crippen molar-refractivity contribution in [1.29, 1.82) is 0 Å². The van der Waals surface area contributed by atoms with Crippen molar-refractivity contribution in [1.82, 2.24) is 4.31 Å². The first-order valence-corrected chi connectivity index (χ1v) is 10.8. The molecule has 0 spiro atoms. The normalized spacial score (nSPS) is 15.5. The van der Waals surface area contributed by atoms with Crippen LogP contribution in [0.4, 0.5) is 0 Å². The van der Waals surface area contributed by atoms with Crippen molar-refractivity contribution in [3.63, 3.8) is 0 Å². The molecule has 1 aliphatic rings. The lowest BCUT2D eigenvalue weighted by Gasteiger charge is -2.26. The van der Waals surface area contributed by atoms with Crippen LogP contribution in [0, 0.1) is 6.92 Å². The lowest BCUT2D eigenvalue weighted by molar-refractivity contribution is 0.0734. The topological polar surface area (TPSA) is 63.7 Å². The van der Waals surface area contributed by atoms with E-state index in [4.69, 9.17) is 27.9 Å². The van der Waals surface area contributed by atoms with Crippen molar-refractivity contribution in [2.75, 3.05) is 13.1 Å². The van der Waals surface area contributed by atoms with Gasteiger partial charge < -0.3 is 4.74 Å². The molecule has 2 aromatic rings. The van der Waals surface area contributed by atoms with Gasteiger partial charge in [0.25, 0.3) is 0 Å². The minimum Gasteiger partial charge on any atom is -0.423 e. The van der Waals surface area contributed by atoms with Gasteiger partial charge in [-0.2, -0.15) is 4.31 Å². The number of rotatable bonds is 4. The van der Waals surface area contributed by atoms with Crippen molar-refractivity contribution in [2.45, 2.75) is 31.1 Å². The number of benzene rings is 2. The molecule has 5 nitrogen and oxygen atoms in total. The van der Waals surface area contributed by atoms with E-state index in [9.17, 15) is 13.2 Å². The van der Waals surface area contributed by atoms with Crippen LogP contribution in [-0.4, -0.2) is 31.8 Å². The summed E-state index contributed by atoms with van der Waals surface area (Å²) in [5.41, 5.74) is 0.816. The molecule has 1 heterocycles. The predicted octanol–water partition coefficient (Wildman–Crippen LogP) is 4.70. The molecule has 0 aromatic heterocycles. The molecule has 0 unspecified atom stereocenters. The van der Waals surface area contributed by atoms with Crippen molar-refractivity contribution < 1.29 is 17.9 Å². The first-order valence-electron chi connectivity index (χ1n) is 8.57. The summed E-state index contributed by atoms with van der Waals surface area (Å²) in [6.07, 6.45) is 2.72. The van der Waals surface area contributed by atoms with Crippen molar-refractivity contribution in [3.8, 4) is 5.75 Å². The summed E-state index contributed by atoms with van der Waals surface area (Å²) in [6, 6.07) is 8.99. The fraction of sp³-hybridized carbons (Fsp3) is 0.316. The minimum atomic E-state index is -3.63. The standard InChI is InChI=1S/C19H19Cl2NO4S/c1-13-5-7-15(27(24,25)22-9-3-2-4-10-22)12-16(13)19(23)26-14-6-8-17(20)18(21)11-14/h5-8,11-12H,2-4,9-10H2,1H3. The number of aryl methyl sites for hydroxylation is 1. The Morgan fingerprint density at radius 3 is 2.37 bits per heavy atom. The van der Waals surface area contributed by atoms with E-state index in [1.807, 2.05) is 0 Å². The van der Waals surface area contributed by atoms with Crippen LogP contribution in [-0.2, 0) is 10.0 Å². The fourth-order valence-corrected chi connectivity index (χ4v) is 4.77. The zero-order valence-corrected chi connectivity index (χ0v) is 17.1. The third-order valence-electron chi connectivity index (χ3n) is 4.48. The summed E-state index contributed by atoms with van der Waals surface area (Å²) in [6.45, 7) is 2.72. The molecule has 0 atom stereocenters. The lowest BCUT2D eigenvalue weighted by Crippen LogP contribution is -2.35. The van der Waals surface area contributed by atoms with E-state index in [0.29, 0.717) is 23.7 Å². The zero-order chi connectivity index (χ0) is 19.6. The van der Waals surface area contributed by atoms with Crippen LogP contribution < -0.4 is 4.74 Å². The number of hydrogen-bond donors (Lipinski definition) is 0. The van der Waals surface area contributed by atoms with Crippen LogP contribution in [0.15, 0.2) is 41.3 Å². The third kappa shape index (κ3) is 4.46. The van der Waals surface area contributed by atoms with Crippen LogP contribution in [0.3, 0.4) is 0 Å².